The Morgan fingerprint density at radius 1 is 0.756 bits per heavy atom. The highest BCUT2D eigenvalue weighted by Crippen LogP contribution is 2.33. The fraction of sp³-hybridized carbons (Fsp3) is 0.108. The molecule has 0 bridgehead atoms. The molecule has 0 aromatic heterocycles. The highest BCUT2D eigenvalue weighted by atomic mass is 79.9. The van der Waals surface area contributed by atoms with Crippen LogP contribution in [0, 0.1) is 0 Å². The number of benzene rings is 5. The van der Waals surface area contributed by atoms with Crippen molar-refractivity contribution in [2.45, 2.75) is 25.3 Å². The van der Waals surface area contributed by atoms with E-state index >= 15 is 0 Å². The van der Waals surface area contributed by atoms with Crippen molar-refractivity contribution in [2.75, 3.05) is 5.32 Å². The van der Waals surface area contributed by atoms with Crippen molar-refractivity contribution in [3.05, 3.63) is 149 Å². The molecule has 3 N–H and O–H groups in total. The number of aliphatic carboxylic acids is 1. The minimum absolute atomic E-state index is 0.0658. The number of para-hydroxylation sites is 2. The minimum atomic E-state index is -1.20. The Bertz CT molecular complexity index is 1780. The maximum absolute atomic E-state index is 13.3. The lowest BCUT2D eigenvalue weighted by Crippen LogP contribution is -2.42. The van der Waals surface area contributed by atoms with Gasteiger partial charge in [-0.15, -0.1) is 0 Å². The van der Waals surface area contributed by atoms with Gasteiger partial charge in [0.1, 0.15) is 17.5 Å². The van der Waals surface area contributed by atoms with Gasteiger partial charge in [0.15, 0.2) is 0 Å². The summed E-state index contributed by atoms with van der Waals surface area (Å²) < 4.78 is 6.72. The third kappa shape index (κ3) is 8.68. The van der Waals surface area contributed by atoms with Gasteiger partial charge in [0.05, 0.1) is 11.3 Å². The number of amides is 2. The molecule has 1 atom stereocenters. The maximum Gasteiger partial charge on any atom is 0.326 e. The van der Waals surface area contributed by atoms with E-state index in [-0.39, 0.29) is 24.3 Å². The minimum Gasteiger partial charge on any atom is -0.480 e. The first kappa shape index (κ1) is 31.2. The van der Waals surface area contributed by atoms with Crippen LogP contribution in [0.25, 0.3) is 11.1 Å². The highest BCUT2D eigenvalue weighted by molar-refractivity contribution is 9.10. The normalized spacial score (nSPS) is 11.3. The zero-order valence-electron chi connectivity index (χ0n) is 24.3. The maximum atomic E-state index is 13.3. The number of nitrogens with one attached hydrogen (secondary N) is 2. The molecule has 5 aromatic carbocycles. The average molecular weight is 664 g/mol. The summed E-state index contributed by atoms with van der Waals surface area (Å²) in [7, 11) is 0. The largest absolute Gasteiger partial charge is 0.480 e. The number of hydrogen-bond donors (Lipinski definition) is 3. The summed E-state index contributed by atoms with van der Waals surface area (Å²) in [5, 5.41) is 15.4. The van der Waals surface area contributed by atoms with Gasteiger partial charge in [-0.2, -0.15) is 0 Å². The van der Waals surface area contributed by atoms with E-state index in [1.165, 1.54) is 0 Å². The molecule has 2 amide bonds. The summed E-state index contributed by atoms with van der Waals surface area (Å²) in [5.41, 5.74) is 4.03. The fourth-order valence-corrected chi connectivity index (χ4v) is 5.19. The Balaban J connectivity index is 1.26. The Hall–Kier alpha value is -5.21. The van der Waals surface area contributed by atoms with Crippen LogP contribution in [-0.2, 0) is 22.4 Å². The second-order valence-corrected chi connectivity index (χ2v) is 11.3. The highest BCUT2D eigenvalue weighted by Gasteiger charge is 2.23. The van der Waals surface area contributed by atoms with Crippen LogP contribution in [0.15, 0.2) is 132 Å². The first-order valence-electron chi connectivity index (χ1n) is 14.4. The molecule has 0 fully saturated rings. The molecule has 226 valence electrons. The molecule has 7 nitrogen and oxygen atoms in total. The number of rotatable bonds is 12. The average Bonchev–Trinajstić information content (AvgIpc) is 3.06. The molecular weight excluding hydrogens is 632 g/mol. The molecule has 5 aromatic rings. The van der Waals surface area contributed by atoms with Crippen LogP contribution >= 0.6 is 15.9 Å². The fourth-order valence-electron chi connectivity index (χ4n) is 4.83. The van der Waals surface area contributed by atoms with E-state index in [9.17, 15) is 19.5 Å². The van der Waals surface area contributed by atoms with Crippen molar-refractivity contribution >= 4 is 39.4 Å². The molecule has 0 radical (unpaired) electrons. The van der Waals surface area contributed by atoms with Gasteiger partial charge in [-0.1, -0.05) is 107 Å². The second-order valence-electron chi connectivity index (χ2n) is 10.4. The molecule has 0 spiro atoms. The van der Waals surface area contributed by atoms with E-state index < -0.39 is 17.9 Å². The Morgan fingerprint density at radius 3 is 2.13 bits per heavy atom. The molecule has 0 saturated heterocycles. The number of carbonyl (C=O) groups excluding carboxylic acids is 2. The topological polar surface area (TPSA) is 105 Å². The van der Waals surface area contributed by atoms with Crippen LogP contribution < -0.4 is 15.4 Å². The lowest BCUT2D eigenvalue weighted by Gasteiger charge is -2.17. The summed E-state index contributed by atoms with van der Waals surface area (Å²) in [4.78, 5) is 38.3. The number of carboxylic acids is 1. The van der Waals surface area contributed by atoms with Crippen LogP contribution in [-0.4, -0.2) is 28.9 Å². The number of aryl methyl sites for hydroxylation is 1. The van der Waals surface area contributed by atoms with Gasteiger partial charge in [-0.05, 0) is 59.5 Å². The molecule has 8 heteroatoms. The summed E-state index contributed by atoms with van der Waals surface area (Å²) in [6.45, 7) is 0. The van der Waals surface area contributed by atoms with Crippen molar-refractivity contribution in [2.24, 2.45) is 0 Å². The lowest BCUT2D eigenvalue weighted by atomic mass is 9.99. The van der Waals surface area contributed by atoms with Crippen LogP contribution in [0.5, 0.6) is 11.5 Å². The first-order valence-corrected chi connectivity index (χ1v) is 15.2. The predicted octanol–water partition coefficient (Wildman–Crippen LogP) is 7.91. The van der Waals surface area contributed by atoms with E-state index in [1.54, 1.807) is 18.2 Å². The molecule has 45 heavy (non-hydrogen) atoms. The number of anilines is 1. The number of carboxylic acid groups (broad SMARTS) is 1. The van der Waals surface area contributed by atoms with Crippen LogP contribution in [0.2, 0.25) is 0 Å². The van der Waals surface area contributed by atoms with Gasteiger partial charge >= 0.3 is 5.97 Å². The van der Waals surface area contributed by atoms with Crippen molar-refractivity contribution in [1.82, 2.24) is 5.32 Å². The molecule has 0 aliphatic carbocycles. The third-order valence-corrected chi connectivity index (χ3v) is 7.64. The van der Waals surface area contributed by atoms with E-state index in [0.717, 1.165) is 28.0 Å². The van der Waals surface area contributed by atoms with Gasteiger partial charge < -0.3 is 20.5 Å². The van der Waals surface area contributed by atoms with Gasteiger partial charge in [-0.25, -0.2) is 4.79 Å². The molecule has 0 aliphatic rings. The van der Waals surface area contributed by atoms with Crippen molar-refractivity contribution in [3.8, 4) is 22.6 Å². The van der Waals surface area contributed by atoms with Crippen molar-refractivity contribution in [3.63, 3.8) is 0 Å². The quantitative estimate of drug-likeness (QED) is 0.126. The number of ether oxygens (including phenoxy) is 1. The zero-order valence-corrected chi connectivity index (χ0v) is 25.9. The van der Waals surface area contributed by atoms with Gasteiger partial charge in [-0.3, -0.25) is 9.59 Å². The zero-order chi connectivity index (χ0) is 31.6. The smallest absolute Gasteiger partial charge is 0.326 e. The summed E-state index contributed by atoms with van der Waals surface area (Å²) >= 11 is 3.37. The van der Waals surface area contributed by atoms with Crippen molar-refractivity contribution < 1.29 is 24.2 Å². The van der Waals surface area contributed by atoms with Gasteiger partial charge in [0, 0.05) is 22.9 Å². The van der Waals surface area contributed by atoms with E-state index in [0.29, 0.717) is 22.3 Å². The number of carbonyl (C=O) groups is 3. The number of hydrogen-bond acceptors (Lipinski definition) is 4. The first-order chi connectivity index (χ1) is 21.9. The molecule has 0 heterocycles. The standard InChI is InChI=1S/C37H31BrN2O5/c38-28-20-21-32(39-35(41)22-17-25-9-3-1-4-10-25)31(24-28)36(42)40-33(37(43)44)23-26-15-18-27(19-16-26)30-13-7-8-14-34(30)45-29-11-5-2-6-12-29/h1-16,18-21,24,33H,17,22-23H2,(H,39,41)(H,40,42)(H,43,44)/t33-/m0/s1. The van der Waals surface area contributed by atoms with Crippen LogP contribution in [0.1, 0.15) is 27.9 Å². The lowest BCUT2D eigenvalue weighted by molar-refractivity contribution is -0.139. The summed E-state index contributed by atoms with van der Waals surface area (Å²) in [6.07, 6.45) is 0.851. The summed E-state index contributed by atoms with van der Waals surface area (Å²) in [6, 6.07) is 38.0. The van der Waals surface area contributed by atoms with E-state index in [2.05, 4.69) is 26.6 Å². The predicted molar refractivity (Wildman–Crippen MR) is 179 cm³/mol. The van der Waals surface area contributed by atoms with Crippen LogP contribution in [0.4, 0.5) is 5.69 Å². The third-order valence-electron chi connectivity index (χ3n) is 7.15. The SMILES string of the molecule is O=C(CCc1ccccc1)Nc1ccc(Br)cc1C(=O)N[C@@H](Cc1ccc(-c2ccccc2Oc2ccccc2)cc1)C(=O)O. The monoisotopic (exact) mass is 662 g/mol. The van der Waals surface area contributed by atoms with Crippen molar-refractivity contribution in [1.29, 1.82) is 0 Å². The number of halogens is 1. The molecule has 5 rings (SSSR count). The van der Waals surface area contributed by atoms with Gasteiger partial charge in [0.25, 0.3) is 5.91 Å². The van der Waals surface area contributed by atoms with Crippen LogP contribution in [0.3, 0.4) is 0 Å². The molecule has 0 saturated carbocycles. The van der Waals surface area contributed by atoms with E-state index in [4.69, 9.17) is 4.74 Å². The molecule has 0 aliphatic heterocycles. The Labute approximate surface area is 270 Å². The van der Waals surface area contributed by atoms with E-state index in [1.807, 2.05) is 109 Å². The molecule has 0 unspecified atom stereocenters. The van der Waals surface area contributed by atoms with Gasteiger partial charge in [0.2, 0.25) is 5.91 Å². The summed E-state index contributed by atoms with van der Waals surface area (Å²) in [5.74, 6) is -0.602. The Kier molecular flexibility index (Phi) is 10.4. The Morgan fingerprint density at radius 2 is 1.42 bits per heavy atom. The molecular formula is C37H31BrN2O5. The second kappa shape index (κ2) is 15.0.